The van der Waals surface area contributed by atoms with Gasteiger partial charge in [0.2, 0.25) is 0 Å². The van der Waals surface area contributed by atoms with Crippen molar-refractivity contribution in [1.29, 1.82) is 0 Å². The van der Waals surface area contributed by atoms with Crippen LogP contribution in [0.15, 0.2) is 84.9 Å². The van der Waals surface area contributed by atoms with Gasteiger partial charge in [0.25, 0.3) is 0 Å². The van der Waals surface area contributed by atoms with Crippen LogP contribution in [0.4, 0.5) is 0 Å². The van der Waals surface area contributed by atoms with E-state index in [1.54, 1.807) is 11.1 Å². The van der Waals surface area contributed by atoms with Crippen LogP contribution in [0, 0.1) is 0 Å². The van der Waals surface area contributed by atoms with Crippen molar-refractivity contribution in [2.45, 2.75) is 173 Å². The first-order valence-corrected chi connectivity index (χ1v) is 40.5. The van der Waals surface area contributed by atoms with Crippen molar-refractivity contribution in [1.82, 2.24) is 0 Å². The van der Waals surface area contributed by atoms with Crippen molar-refractivity contribution in [2.24, 2.45) is 0 Å². The summed E-state index contributed by atoms with van der Waals surface area (Å²) in [5.41, 5.74) is 16.5. The average molecular weight is 958 g/mol. The third-order valence-corrected chi connectivity index (χ3v) is 74.2. The third kappa shape index (κ3) is 8.01. The summed E-state index contributed by atoms with van der Waals surface area (Å²) in [5.74, 6) is 0. The van der Waals surface area contributed by atoms with E-state index in [4.69, 9.17) is 0 Å². The molecule has 2 aliphatic carbocycles. The Hall–Kier alpha value is -2.55. The van der Waals surface area contributed by atoms with E-state index in [1.807, 2.05) is 0 Å². The Kier molecular flexibility index (Phi) is 11.1. The number of hydrogen-bond donors (Lipinski definition) is 0. The van der Waals surface area contributed by atoms with Gasteiger partial charge >= 0.3 is 360 Å². The molecule has 2 aliphatic rings. The zero-order valence-corrected chi connectivity index (χ0v) is 45.0. The van der Waals surface area contributed by atoms with Crippen LogP contribution in [0.25, 0.3) is 34.4 Å². The predicted molar refractivity (Wildman–Crippen MR) is 259 cm³/mol. The summed E-state index contributed by atoms with van der Waals surface area (Å²) in [5, 5.41) is 0.436. The fourth-order valence-corrected chi connectivity index (χ4v) is 96.5. The summed E-state index contributed by atoms with van der Waals surface area (Å²) in [6.45, 7) is 43.9. The second kappa shape index (κ2) is 14.3. The Morgan fingerprint density at radius 3 is 0.966 bits per heavy atom. The van der Waals surface area contributed by atoms with Gasteiger partial charge in [-0.15, -0.1) is 0 Å². The molecule has 0 bridgehead atoms. The van der Waals surface area contributed by atoms with Crippen molar-refractivity contribution >= 4 is 17.6 Å². The molecule has 0 aromatic heterocycles. The summed E-state index contributed by atoms with van der Waals surface area (Å²) in [6, 6.07) is 29.5. The topological polar surface area (TPSA) is 0 Å². The second-order valence-electron chi connectivity index (χ2n) is 25.4. The van der Waals surface area contributed by atoms with Crippen LogP contribution in [0.5, 0.6) is 0 Å². The molecule has 0 radical (unpaired) electrons. The Bertz CT molecular complexity index is 2170. The zero-order valence-electron chi connectivity index (χ0n) is 40.4. The molecule has 2 heteroatoms. The summed E-state index contributed by atoms with van der Waals surface area (Å²) in [7, 11) is 0. The van der Waals surface area contributed by atoms with Crippen molar-refractivity contribution in [3.63, 3.8) is 0 Å². The third-order valence-electron chi connectivity index (χ3n) is 14.0. The summed E-state index contributed by atoms with van der Waals surface area (Å²) in [4.78, 5) is 0. The molecule has 2 atom stereocenters. The van der Waals surface area contributed by atoms with E-state index in [2.05, 4.69) is 231 Å². The molecule has 0 heterocycles. The van der Waals surface area contributed by atoms with Crippen LogP contribution in [0.1, 0.15) is 176 Å². The van der Waals surface area contributed by atoms with Crippen LogP contribution in [0.3, 0.4) is 0 Å². The molecule has 0 aliphatic heterocycles. The molecule has 0 N–H and O–H groups in total. The summed E-state index contributed by atoms with van der Waals surface area (Å²) < 4.78 is 6.78. The molecular formula is C56H78HfSi. The van der Waals surface area contributed by atoms with Crippen molar-refractivity contribution in [3.8, 4) is 22.3 Å². The fraction of sp³-hybridized carbons (Fsp3) is 0.500. The normalized spacial score (nSPS) is 17.8. The van der Waals surface area contributed by atoms with Gasteiger partial charge in [-0.1, -0.05) is 0 Å². The van der Waals surface area contributed by atoms with Gasteiger partial charge in [-0.3, -0.25) is 0 Å². The fourth-order valence-electron chi connectivity index (χ4n) is 12.0. The molecule has 4 aromatic carbocycles. The summed E-state index contributed by atoms with van der Waals surface area (Å²) in [6.07, 6.45) is 10.6. The number of fused-ring (bicyclic) bond motifs is 2. The van der Waals surface area contributed by atoms with Crippen molar-refractivity contribution < 1.29 is 17.1 Å². The van der Waals surface area contributed by atoms with Gasteiger partial charge in [-0.25, -0.2) is 0 Å². The molecule has 0 fully saturated rings. The quantitative estimate of drug-likeness (QED) is 0.179. The minimum absolute atomic E-state index is 0.0650. The number of benzene rings is 4. The molecule has 0 saturated carbocycles. The van der Waals surface area contributed by atoms with E-state index in [-0.39, 0.29) is 31.7 Å². The molecule has 58 heavy (non-hydrogen) atoms. The van der Waals surface area contributed by atoms with Gasteiger partial charge in [-0.2, -0.15) is 0 Å². The first-order chi connectivity index (χ1) is 26.2. The monoisotopic (exact) mass is 959 g/mol. The Labute approximate surface area is 357 Å². The molecule has 6 rings (SSSR count). The zero-order chi connectivity index (χ0) is 43.4. The average Bonchev–Trinajstić information content (AvgIpc) is 3.71. The molecule has 310 valence electrons. The van der Waals surface area contributed by atoms with Gasteiger partial charge < -0.3 is 0 Å². The van der Waals surface area contributed by atoms with Gasteiger partial charge in [0.05, 0.1) is 0 Å². The number of rotatable bonds is 4. The Balaban J connectivity index is 1.64. The van der Waals surface area contributed by atoms with E-state index in [1.165, 1.54) is 55.6 Å². The van der Waals surface area contributed by atoms with Gasteiger partial charge in [-0.05, 0) is 0 Å². The second-order valence-corrected chi connectivity index (χ2v) is 70.6. The van der Waals surface area contributed by atoms with Crippen LogP contribution in [-0.4, -0.2) is 5.49 Å². The maximum atomic E-state index is 2.94. The molecule has 0 spiro atoms. The van der Waals surface area contributed by atoms with Gasteiger partial charge in [0, 0.05) is 0 Å². The van der Waals surface area contributed by atoms with E-state index in [0.29, 0.717) is 7.35 Å². The van der Waals surface area contributed by atoms with E-state index < -0.39 is 22.6 Å². The number of hydrogen-bond acceptors (Lipinski definition) is 0. The van der Waals surface area contributed by atoms with Crippen molar-refractivity contribution in [3.05, 3.63) is 129 Å². The molecule has 2 unspecified atom stereocenters. The van der Waals surface area contributed by atoms with Crippen LogP contribution >= 0.6 is 0 Å². The SMILES string of the molecule is CC(C)(C)c1cc(-c2cccc3c2C=C[CH]3[Hf]([CH3])([CH3])([CH]2C=Cc3c(-c4cc(C(C)(C)C)cc(C(C)(C)C)c4)cccc32)=[Si](C(C)(C)C)C(C)(C)C)cc(C(C)(C)C)c1. The minimum atomic E-state index is -4.33. The van der Waals surface area contributed by atoms with Crippen LogP contribution in [-0.2, 0) is 38.8 Å². The first kappa shape index (κ1) is 45.0. The standard InChI is InChI=1S/2C23H27.C8H18Si.2CH3.Hf/c2*1-22(2,3)18-13-17(14-19(15-18)23(4,5)6)21-12-8-10-16-9-7-11-20(16)21;1-7(2,3)9-8(4,5)6;;;/h2*7-15H,1-6H3;1-6H3;2*1H3;. The molecule has 4 aromatic rings. The molecule has 0 saturated heterocycles. The van der Waals surface area contributed by atoms with Crippen LogP contribution < -0.4 is 0 Å². The maximum absolute atomic E-state index is 4.33. The van der Waals surface area contributed by atoms with Crippen LogP contribution in [0.2, 0.25) is 19.4 Å². The summed E-state index contributed by atoms with van der Waals surface area (Å²) >= 11 is -4.33. The molecule has 0 nitrogen and oxygen atoms in total. The van der Waals surface area contributed by atoms with Crippen molar-refractivity contribution in [2.75, 3.05) is 0 Å². The van der Waals surface area contributed by atoms with E-state index in [9.17, 15) is 0 Å². The number of allylic oxidation sites excluding steroid dienone is 2. The van der Waals surface area contributed by atoms with Gasteiger partial charge in [0.15, 0.2) is 0 Å². The first-order valence-electron chi connectivity index (χ1n) is 22.3. The van der Waals surface area contributed by atoms with E-state index >= 15 is 0 Å². The molecule has 0 amide bonds. The van der Waals surface area contributed by atoms with E-state index in [0.717, 1.165) is 0 Å². The Morgan fingerprint density at radius 1 is 0.414 bits per heavy atom. The Morgan fingerprint density at radius 2 is 0.707 bits per heavy atom. The molecular weight excluding hydrogens is 879 g/mol. The predicted octanol–water partition coefficient (Wildman–Crippen LogP) is 17.4. The van der Waals surface area contributed by atoms with Gasteiger partial charge in [0.1, 0.15) is 0 Å².